The lowest BCUT2D eigenvalue weighted by Gasteiger charge is -2.22. The number of rotatable bonds is 5. The summed E-state index contributed by atoms with van der Waals surface area (Å²) in [4.78, 5) is 12.1. The maximum Gasteiger partial charge on any atom is 0.241 e. The predicted molar refractivity (Wildman–Crippen MR) is 70.7 cm³/mol. The first kappa shape index (κ1) is 13.7. The lowest BCUT2D eigenvalue weighted by Crippen LogP contribution is -2.42. The standard InChI is InChI=1S/C14H22N2O/c1-10(2)15-13(14(17)16-11(3)4)12-8-6-5-7-9-12/h5-11,13,15H,1-4H3,(H,16,17)/t13-/m0/s1. The van der Waals surface area contributed by atoms with Crippen molar-refractivity contribution < 1.29 is 4.79 Å². The number of hydrogen-bond acceptors (Lipinski definition) is 2. The van der Waals surface area contributed by atoms with Crippen LogP contribution < -0.4 is 10.6 Å². The van der Waals surface area contributed by atoms with E-state index >= 15 is 0 Å². The second-order valence-corrected chi connectivity index (χ2v) is 4.83. The highest BCUT2D eigenvalue weighted by Gasteiger charge is 2.21. The molecule has 0 heterocycles. The molecule has 0 aliphatic heterocycles. The Balaban J connectivity index is 2.84. The van der Waals surface area contributed by atoms with Gasteiger partial charge in [-0.2, -0.15) is 0 Å². The van der Waals surface area contributed by atoms with E-state index < -0.39 is 0 Å². The Kier molecular flexibility index (Phi) is 5.16. The van der Waals surface area contributed by atoms with Crippen molar-refractivity contribution in [3.63, 3.8) is 0 Å². The van der Waals surface area contributed by atoms with Gasteiger partial charge in [0.1, 0.15) is 6.04 Å². The second-order valence-electron chi connectivity index (χ2n) is 4.83. The first-order chi connectivity index (χ1) is 8.00. The predicted octanol–water partition coefficient (Wildman–Crippen LogP) is 2.25. The number of carbonyl (C=O) groups excluding carboxylic acids is 1. The molecule has 1 atom stereocenters. The molecule has 0 aliphatic rings. The highest BCUT2D eigenvalue weighted by molar-refractivity contribution is 5.83. The third-order valence-electron chi connectivity index (χ3n) is 2.33. The number of carbonyl (C=O) groups is 1. The summed E-state index contributed by atoms with van der Waals surface area (Å²) in [5.74, 6) is 0.0277. The average molecular weight is 234 g/mol. The molecule has 2 N–H and O–H groups in total. The molecule has 1 amide bonds. The third kappa shape index (κ3) is 4.57. The monoisotopic (exact) mass is 234 g/mol. The van der Waals surface area contributed by atoms with Gasteiger partial charge in [0, 0.05) is 12.1 Å². The normalized spacial score (nSPS) is 12.8. The number of nitrogens with one attached hydrogen (secondary N) is 2. The van der Waals surface area contributed by atoms with Crippen LogP contribution in [-0.2, 0) is 4.79 Å². The third-order valence-corrected chi connectivity index (χ3v) is 2.33. The smallest absolute Gasteiger partial charge is 0.241 e. The summed E-state index contributed by atoms with van der Waals surface area (Å²) < 4.78 is 0. The molecule has 3 nitrogen and oxygen atoms in total. The van der Waals surface area contributed by atoms with E-state index in [9.17, 15) is 4.79 Å². The Hall–Kier alpha value is -1.35. The van der Waals surface area contributed by atoms with Crippen LogP contribution in [0.25, 0.3) is 0 Å². The van der Waals surface area contributed by atoms with Crippen molar-refractivity contribution in [3.05, 3.63) is 35.9 Å². The first-order valence-corrected chi connectivity index (χ1v) is 6.12. The highest BCUT2D eigenvalue weighted by Crippen LogP contribution is 2.13. The average Bonchev–Trinajstić information content (AvgIpc) is 2.25. The fourth-order valence-corrected chi connectivity index (χ4v) is 1.67. The quantitative estimate of drug-likeness (QED) is 0.820. The van der Waals surface area contributed by atoms with E-state index in [1.54, 1.807) is 0 Å². The van der Waals surface area contributed by atoms with Crippen LogP contribution >= 0.6 is 0 Å². The van der Waals surface area contributed by atoms with Crippen LogP contribution in [0.1, 0.15) is 39.3 Å². The molecule has 0 radical (unpaired) electrons. The van der Waals surface area contributed by atoms with Gasteiger partial charge in [-0.05, 0) is 33.3 Å². The fraction of sp³-hybridized carbons (Fsp3) is 0.500. The fourth-order valence-electron chi connectivity index (χ4n) is 1.67. The first-order valence-electron chi connectivity index (χ1n) is 6.12. The zero-order chi connectivity index (χ0) is 12.8. The number of amides is 1. The van der Waals surface area contributed by atoms with E-state index in [4.69, 9.17) is 0 Å². The molecular formula is C14H22N2O. The van der Waals surface area contributed by atoms with Crippen molar-refractivity contribution in [2.24, 2.45) is 0 Å². The summed E-state index contributed by atoms with van der Waals surface area (Å²) in [6, 6.07) is 9.94. The minimum atomic E-state index is -0.279. The summed E-state index contributed by atoms with van der Waals surface area (Å²) in [6.45, 7) is 8.02. The molecule has 1 aromatic rings. The zero-order valence-corrected chi connectivity index (χ0v) is 11.0. The molecule has 3 heteroatoms. The Morgan fingerprint density at radius 3 is 2.06 bits per heavy atom. The lowest BCUT2D eigenvalue weighted by atomic mass is 10.1. The van der Waals surface area contributed by atoms with E-state index in [2.05, 4.69) is 10.6 Å². The van der Waals surface area contributed by atoms with E-state index in [1.807, 2.05) is 58.0 Å². The van der Waals surface area contributed by atoms with Gasteiger partial charge in [-0.25, -0.2) is 0 Å². The molecule has 0 saturated heterocycles. The van der Waals surface area contributed by atoms with Crippen LogP contribution in [0, 0.1) is 0 Å². The number of benzene rings is 1. The summed E-state index contributed by atoms with van der Waals surface area (Å²) in [7, 11) is 0. The SMILES string of the molecule is CC(C)NC(=O)[C@@H](NC(C)C)c1ccccc1. The Morgan fingerprint density at radius 2 is 1.59 bits per heavy atom. The van der Waals surface area contributed by atoms with Crippen molar-refractivity contribution in [2.75, 3.05) is 0 Å². The summed E-state index contributed by atoms with van der Waals surface area (Å²) >= 11 is 0. The highest BCUT2D eigenvalue weighted by atomic mass is 16.2. The van der Waals surface area contributed by atoms with Gasteiger partial charge in [-0.3, -0.25) is 10.1 Å². The van der Waals surface area contributed by atoms with Gasteiger partial charge in [-0.1, -0.05) is 30.3 Å². The largest absolute Gasteiger partial charge is 0.352 e. The van der Waals surface area contributed by atoms with Gasteiger partial charge in [0.25, 0.3) is 0 Å². The molecule has 17 heavy (non-hydrogen) atoms. The van der Waals surface area contributed by atoms with Crippen LogP contribution in [-0.4, -0.2) is 18.0 Å². The molecule has 0 bridgehead atoms. The minimum Gasteiger partial charge on any atom is -0.352 e. The van der Waals surface area contributed by atoms with E-state index in [0.717, 1.165) is 5.56 Å². The maximum atomic E-state index is 12.1. The van der Waals surface area contributed by atoms with Gasteiger partial charge in [0.15, 0.2) is 0 Å². The molecule has 0 aliphatic carbocycles. The molecule has 1 rings (SSSR count). The van der Waals surface area contributed by atoms with Crippen molar-refractivity contribution in [1.29, 1.82) is 0 Å². The Morgan fingerprint density at radius 1 is 1.00 bits per heavy atom. The van der Waals surface area contributed by atoms with Gasteiger partial charge in [-0.15, -0.1) is 0 Å². The molecule has 0 unspecified atom stereocenters. The number of hydrogen-bond donors (Lipinski definition) is 2. The lowest BCUT2D eigenvalue weighted by molar-refractivity contribution is -0.124. The van der Waals surface area contributed by atoms with Crippen molar-refractivity contribution >= 4 is 5.91 Å². The second kappa shape index (κ2) is 6.40. The minimum absolute atomic E-state index is 0.0277. The van der Waals surface area contributed by atoms with Gasteiger partial charge in [0.05, 0.1) is 0 Å². The van der Waals surface area contributed by atoms with Crippen LogP contribution in [0.3, 0.4) is 0 Å². The summed E-state index contributed by atoms with van der Waals surface area (Å²) in [5.41, 5.74) is 0.999. The van der Waals surface area contributed by atoms with Crippen molar-refractivity contribution in [3.8, 4) is 0 Å². The van der Waals surface area contributed by atoms with Crippen LogP contribution in [0.2, 0.25) is 0 Å². The summed E-state index contributed by atoms with van der Waals surface area (Å²) in [5, 5.41) is 6.23. The Bertz CT molecular complexity index is 346. The van der Waals surface area contributed by atoms with Crippen LogP contribution in [0.4, 0.5) is 0 Å². The van der Waals surface area contributed by atoms with Crippen molar-refractivity contribution in [2.45, 2.75) is 45.8 Å². The molecule has 94 valence electrons. The van der Waals surface area contributed by atoms with E-state index in [-0.39, 0.29) is 24.0 Å². The van der Waals surface area contributed by atoms with E-state index in [1.165, 1.54) is 0 Å². The molecule has 1 aromatic carbocycles. The molecule has 0 aromatic heterocycles. The molecule has 0 saturated carbocycles. The Labute approximate surface area is 104 Å². The molecule has 0 spiro atoms. The van der Waals surface area contributed by atoms with Gasteiger partial charge < -0.3 is 5.32 Å². The van der Waals surface area contributed by atoms with Gasteiger partial charge >= 0.3 is 0 Å². The van der Waals surface area contributed by atoms with Crippen LogP contribution in [0.15, 0.2) is 30.3 Å². The zero-order valence-electron chi connectivity index (χ0n) is 11.0. The molecular weight excluding hydrogens is 212 g/mol. The van der Waals surface area contributed by atoms with E-state index in [0.29, 0.717) is 0 Å². The molecule has 0 fully saturated rings. The van der Waals surface area contributed by atoms with Crippen LogP contribution in [0.5, 0.6) is 0 Å². The van der Waals surface area contributed by atoms with Crippen molar-refractivity contribution in [1.82, 2.24) is 10.6 Å². The maximum absolute atomic E-state index is 12.1. The van der Waals surface area contributed by atoms with Gasteiger partial charge in [0.2, 0.25) is 5.91 Å². The topological polar surface area (TPSA) is 41.1 Å². The summed E-state index contributed by atoms with van der Waals surface area (Å²) in [6.07, 6.45) is 0.